The average molecular weight is 610 g/mol. The number of thiol groups is 1. The lowest BCUT2D eigenvalue weighted by Gasteiger charge is -2.40. The van der Waals surface area contributed by atoms with Crippen LogP contribution in [0.25, 0.3) is 10.9 Å². The van der Waals surface area contributed by atoms with E-state index >= 15 is 0 Å². The van der Waals surface area contributed by atoms with E-state index in [4.69, 9.17) is 9.57 Å². The lowest BCUT2D eigenvalue weighted by atomic mass is 10.1. The Morgan fingerprint density at radius 2 is 1.79 bits per heavy atom. The Balaban J connectivity index is 1.47. The zero-order valence-electron chi connectivity index (χ0n) is 24.8. The maximum Gasteiger partial charge on any atom is 0.262 e. The highest BCUT2D eigenvalue weighted by molar-refractivity contribution is 7.74. The molecule has 1 fully saturated rings. The highest BCUT2D eigenvalue weighted by Gasteiger charge is 2.33. The van der Waals surface area contributed by atoms with Gasteiger partial charge in [0.15, 0.2) is 0 Å². The summed E-state index contributed by atoms with van der Waals surface area (Å²) >= 11 is 0. The van der Waals surface area contributed by atoms with E-state index in [0.717, 1.165) is 22.2 Å². The molecule has 43 heavy (non-hydrogen) atoms. The summed E-state index contributed by atoms with van der Waals surface area (Å²) < 4.78 is 32.1. The molecule has 2 aromatic carbocycles. The predicted octanol–water partition coefficient (Wildman–Crippen LogP) is 2.86. The Morgan fingerprint density at radius 3 is 2.44 bits per heavy atom. The highest BCUT2D eigenvalue weighted by Crippen LogP contribution is 2.24. The third-order valence-corrected chi connectivity index (χ3v) is 8.03. The molecule has 2 amide bonds. The summed E-state index contributed by atoms with van der Waals surface area (Å²) in [7, 11) is -3.08. The van der Waals surface area contributed by atoms with Crippen LogP contribution in [0.5, 0.6) is 5.75 Å². The second-order valence-electron chi connectivity index (χ2n) is 10.6. The number of hydrogen-bond acceptors (Lipinski definition) is 8. The van der Waals surface area contributed by atoms with Gasteiger partial charge in [-0.05, 0) is 43.3 Å². The van der Waals surface area contributed by atoms with Crippen LogP contribution in [0.2, 0.25) is 0 Å². The van der Waals surface area contributed by atoms with E-state index in [1.165, 1.54) is 10.4 Å². The number of pyridine rings is 1. The minimum absolute atomic E-state index is 0.0498. The summed E-state index contributed by atoms with van der Waals surface area (Å²) in [5.74, 6) is 0.0143. The number of carbonyl (C=O) groups excluding carboxylic acids is 2. The Labute approximate surface area is 254 Å². The standard InChI is InChI=1S/C31H39N5O6S/c1-5-18-42-33-30(37)29(34-14-16-35(17-15-34)31(38)22(2)3)20-36(43(39)40)25-10-12-26(13-11-25)41-21-24-19-23(4)32-28-9-7-6-8-27(24)28/h5-13,19,22,29,43H,1,14-18,20-21H2,2-4H3,(H,33,37)/t29-/m0/s1. The molecule has 1 saturated heterocycles. The third-order valence-electron chi connectivity index (χ3n) is 7.24. The van der Waals surface area contributed by atoms with E-state index in [-0.39, 0.29) is 25.0 Å². The fourth-order valence-electron chi connectivity index (χ4n) is 5.04. The van der Waals surface area contributed by atoms with E-state index in [2.05, 4.69) is 17.0 Å². The molecule has 0 radical (unpaired) electrons. The van der Waals surface area contributed by atoms with Crippen LogP contribution in [0.1, 0.15) is 25.1 Å². The number of hydroxylamine groups is 1. The first-order chi connectivity index (χ1) is 20.7. The van der Waals surface area contributed by atoms with Crippen molar-refractivity contribution in [3.8, 4) is 5.75 Å². The van der Waals surface area contributed by atoms with Crippen molar-refractivity contribution >= 4 is 39.3 Å². The number of rotatable bonds is 13. The number of anilines is 1. The maximum atomic E-state index is 13.2. The SMILES string of the molecule is C=CCONC(=O)[C@H](CN(c1ccc(OCc2cc(C)nc3ccccc23)cc1)[SH](=O)=O)N1CCN(C(=O)C(C)C)CC1. The molecule has 230 valence electrons. The van der Waals surface area contributed by atoms with Crippen molar-refractivity contribution in [2.24, 2.45) is 5.92 Å². The van der Waals surface area contributed by atoms with Crippen molar-refractivity contribution in [3.63, 3.8) is 0 Å². The number of fused-ring (bicyclic) bond motifs is 1. The van der Waals surface area contributed by atoms with Crippen molar-refractivity contribution < 1.29 is 27.6 Å². The first-order valence-electron chi connectivity index (χ1n) is 14.2. The number of hydrogen-bond donors (Lipinski definition) is 2. The summed E-state index contributed by atoms with van der Waals surface area (Å²) in [6.45, 7) is 11.2. The number of carbonyl (C=O) groups is 2. The summed E-state index contributed by atoms with van der Waals surface area (Å²) in [6.07, 6.45) is 1.49. The molecule has 1 aliphatic rings. The maximum absolute atomic E-state index is 13.2. The molecule has 2 heterocycles. The number of ether oxygens (including phenoxy) is 1. The van der Waals surface area contributed by atoms with Gasteiger partial charge in [-0.3, -0.25) is 28.6 Å². The lowest BCUT2D eigenvalue weighted by molar-refractivity contribution is -0.141. The van der Waals surface area contributed by atoms with E-state index in [1.54, 1.807) is 29.2 Å². The molecular weight excluding hydrogens is 570 g/mol. The number of para-hydroxylation sites is 1. The number of nitrogens with one attached hydrogen (secondary N) is 1. The van der Waals surface area contributed by atoms with E-state index in [0.29, 0.717) is 44.2 Å². The molecule has 0 bridgehead atoms. The second kappa shape index (κ2) is 14.9. The van der Waals surface area contributed by atoms with Crippen LogP contribution in [-0.4, -0.2) is 80.4 Å². The van der Waals surface area contributed by atoms with Crippen molar-refractivity contribution in [3.05, 3.63) is 78.5 Å². The van der Waals surface area contributed by atoms with Crippen LogP contribution in [0, 0.1) is 12.8 Å². The van der Waals surface area contributed by atoms with Crippen LogP contribution in [-0.2, 0) is 31.9 Å². The quantitative estimate of drug-likeness (QED) is 0.131. The van der Waals surface area contributed by atoms with Crippen molar-refractivity contribution in [2.45, 2.75) is 33.4 Å². The molecule has 0 aliphatic carbocycles. The number of aromatic nitrogens is 1. The Hall–Kier alpha value is -4.00. The number of piperazine rings is 1. The third kappa shape index (κ3) is 8.31. The monoisotopic (exact) mass is 609 g/mol. The van der Waals surface area contributed by atoms with Gasteiger partial charge in [0.25, 0.3) is 5.91 Å². The molecule has 1 aliphatic heterocycles. The van der Waals surface area contributed by atoms with Gasteiger partial charge in [0, 0.05) is 48.7 Å². The molecular formula is C31H39N5O6S. The van der Waals surface area contributed by atoms with Gasteiger partial charge < -0.3 is 9.64 Å². The summed E-state index contributed by atoms with van der Waals surface area (Å²) in [5.41, 5.74) is 5.59. The van der Waals surface area contributed by atoms with Crippen LogP contribution in [0.15, 0.2) is 67.3 Å². The molecule has 11 nitrogen and oxygen atoms in total. The number of benzene rings is 2. The minimum atomic E-state index is -3.08. The highest BCUT2D eigenvalue weighted by atomic mass is 32.2. The number of aryl methyl sites for hydroxylation is 1. The molecule has 12 heteroatoms. The van der Waals surface area contributed by atoms with Gasteiger partial charge in [-0.2, -0.15) is 0 Å². The smallest absolute Gasteiger partial charge is 0.262 e. The zero-order valence-corrected chi connectivity index (χ0v) is 25.7. The van der Waals surface area contributed by atoms with Gasteiger partial charge in [-0.15, -0.1) is 6.58 Å². The Bertz CT molecular complexity index is 1490. The van der Waals surface area contributed by atoms with Crippen molar-refractivity contribution in [1.82, 2.24) is 20.3 Å². The van der Waals surface area contributed by atoms with Crippen molar-refractivity contribution in [2.75, 3.05) is 43.6 Å². The zero-order chi connectivity index (χ0) is 30.9. The van der Waals surface area contributed by atoms with Crippen LogP contribution < -0.4 is 14.5 Å². The van der Waals surface area contributed by atoms with E-state index in [9.17, 15) is 18.0 Å². The summed E-state index contributed by atoms with van der Waals surface area (Å²) in [6, 6.07) is 15.7. The summed E-state index contributed by atoms with van der Waals surface area (Å²) in [4.78, 5) is 39.0. The normalized spacial score (nSPS) is 14.6. The minimum Gasteiger partial charge on any atom is -0.489 e. The molecule has 4 rings (SSSR count). The molecule has 0 spiro atoms. The fourth-order valence-corrected chi connectivity index (χ4v) is 5.65. The van der Waals surface area contributed by atoms with E-state index < -0.39 is 22.8 Å². The number of nitrogens with zero attached hydrogens (tertiary/aromatic N) is 4. The predicted molar refractivity (Wildman–Crippen MR) is 166 cm³/mol. The van der Waals surface area contributed by atoms with Gasteiger partial charge in [-0.1, -0.05) is 38.1 Å². The average Bonchev–Trinajstić information content (AvgIpc) is 3.00. The van der Waals surface area contributed by atoms with Gasteiger partial charge in [-0.25, -0.2) is 13.9 Å². The molecule has 1 aromatic heterocycles. The molecule has 0 unspecified atom stereocenters. The first-order valence-corrected chi connectivity index (χ1v) is 15.4. The van der Waals surface area contributed by atoms with E-state index in [1.807, 2.05) is 56.0 Å². The second-order valence-corrected chi connectivity index (χ2v) is 11.6. The fraction of sp³-hybridized carbons (Fsp3) is 0.387. The van der Waals surface area contributed by atoms with Gasteiger partial charge >= 0.3 is 0 Å². The summed E-state index contributed by atoms with van der Waals surface area (Å²) in [5, 5.41) is 1.01. The topological polar surface area (TPSA) is 121 Å². The van der Waals surface area contributed by atoms with Crippen LogP contribution in [0.3, 0.4) is 0 Å². The van der Waals surface area contributed by atoms with Gasteiger partial charge in [0.05, 0.1) is 24.4 Å². The molecule has 3 aromatic rings. The van der Waals surface area contributed by atoms with Crippen molar-refractivity contribution in [1.29, 1.82) is 0 Å². The van der Waals surface area contributed by atoms with Crippen LogP contribution >= 0.6 is 0 Å². The molecule has 1 atom stereocenters. The molecule has 0 saturated carbocycles. The van der Waals surface area contributed by atoms with Gasteiger partial charge in [0.1, 0.15) is 18.4 Å². The molecule has 1 N–H and O–H groups in total. The Morgan fingerprint density at radius 1 is 1.09 bits per heavy atom. The van der Waals surface area contributed by atoms with Gasteiger partial charge in [0.2, 0.25) is 16.8 Å². The number of amides is 2. The lowest BCUT2D eigenvalue weighted by Crippen LogP contribution is -2.59. The Kier molecular flexibility index (Phi) is 11.1. The largest absolute Gasteiger partial charge is 0.489 e. The first kappa shape index (κ1) is 31.9. The van der Waals surface area contributed by atoms with Crippen LogP contribution in [0.4, 0.5) is 5.69 Å².